The molecule has 2 atom stereocenters. The van der Waals surface area contributed by atoms with Crippen molar-refractivity contribution < 1.29 is 9.84 Å². The highest BCUT2D eigenvalue weighted by atomic mass is 16.5. The molecule has 1 aromatic heterocycles. The van der Waals surface area contributed by atoms with E-state index in [4.69, 9.17) is 4.74 Å². The quantitative estimate of drug-likeness (QED) is 0.911. The fourth-order valence-corrected chi connectivity index (χ4v) is 2.97. The second-order valence-electron chi connectivity index (χ2n) is 6.23. The van der Waals surface area contributed by atoms with Crippen molar-refractivity contribution in [1.29, 1.82) is 0 Å². The third-order valence-electron chi connectivity index (χ3n) is 4.09. The Bertz CT molecular complexity index is 451. The average Bonchev–Trinajstić information content (AvgIpc) is 2.80. The molecular formula is C15H26N2O2. The van der Waals surface area contributed by atoms with Crippen LogP contribution in [0.15, 0.2) is 0 Å². The topological polar surface area (TPSA) is 47.3 Å². The van der Waals surface area contributed by atoms with E-state index in [1.54, 1.807) is 0 Å². The van der Waals surface area contributed by atoms with Crippen LogP contribution in [0.5, 0.6) is 0 Å². The number of nitrogens with zero attached hydrogens (tertiary/aromatic N) is 2. The minimum Gasteiger partial charge on any atom is -0.388 e. The molecule has 1 saturated heterocycles. The van der Waals surface area contributed by atoms with E-state index < -0.39 is 6.10 Å². The number of hydrogen-bond acceptors (Lipinski definition) is 3. The molecule has 0 spiro atoms. The molecule has 2 rings (SSSR count). The van der Waals surface area contributed by atoms with Crippen LogP contribution in [0, 0.1) is 13.8 Å². The monoisotopic (exact) mass is 266 g/mol. The van der Waals surface area contributed by atoms with Crippen LogP contribution in [0.3, 0.4) is 0 Å². The van der Waals surface area contributed by atoms with Crippen molar-refractivity contribution in [3.05, 3.63) is 17.0 Å². The maximum Gasteiger partial charge on any atom is 0.0823 e. The molecule has 19 heavy (non-hydrogen) atoms. The largest absolute Gasteiger partial charge is 0.388 e. The van der Waals surface area contributed by atoms with Crippen molar-refractivity contribution in [1.82, 2.24) is 9.78 Å². The van der Waals surface area contributed by atoms with Crippen LogP contribution in [-0.2, 0) is 11.3 Å². The zero-order valence-electron chi connectivity index (χ0n) is 12.7. The lowest BCUT2D eigenvalue weighted by atomic mass is 10.0. The molecule has 108 valence electrons. The van der Waals surface area contributed by atoms with Gasteiger partial charge in [0.2, 0.25) is 0 Å². The fourth-order valence-electron chi connectivity index (χ4n) is 2.97. The standard InChI is InChI=1S/C15H26N2O2/c1-6-13(18)14-10(2)16-17(11(14)3)9-12-7-8-15(4,5)19-12/h12-13,18H,6-9H2,1-5H3. The van der Waals surface area contributed by atoms with Gasteiger partial charge in [-0.2, -0.15) is 5.10 Å². The van der Waals surface area contributed by atoms with Crippen LogP contribution in [0.25, 0.3) is 0 Å². The Labute approximate surface area is 115 Å². The number of aryl methyl sites for hydroxylation is 1. The summed E-state index contributed by atoms with van der Waals surface area (Å²) >= 11 is 0. The van der Waals surface area contributed by atoms with Crippen molar-refractivity contribution in [2.45, 2.75) is 78.2 Å². The summed E-state index contributed by atoms with van der Waals surface area (Å²) in [5.74, 6) is 0. The van der Waals surface area contributed by atoms with Gasteiger partial charge in [-0.05, 0) is 47.0 Å². The number of aliphatic hydroxyl groups excluding tert-OH is 1. The summed E-state index contributed by atoms with van der Waals surface area (Å²) in [6, 6.07) is 0. The van der Waals surface area contributed by atoms with E-state index in [2.05, 4.69) is 18.9 Å². The molecule has 0 amide bonds. The van der Waals surface area contributed by atoms with Crippen LogP contribution >= 0.6 is 0 Å². The van der Waals surface area contributed by atoms with Crippen molar-refractivity contribution in [3.63, 3.8) is 0 Å². The first-order chi connectivity index (χ1) is 8.84. The number of hydrogen-bond donors (Lipinski definition) is 1. The molecule has 0 aliphatic carbocycles. The van der Waals surface area contributed by atoms with Gasteiger partial charge < -0.3 is 9.84 Å². The van der Waals surface area contributed by atoms with E-state index in [-0.39, 0.29) is 11.7 Å². The van der Waals surface area contributed by atoms with E-state index in [9.17, 15) is 5.11 Å². The summed E-state index contributed by atoms with van der Waals surface area (Å²) in [7, 11) is 0. The maximum absolute atomic E-state index is 10.1. The molecule has 4 heteroatoms. The fraction of sp³-hybridized carbons (Fsp3) is 0.800. The van der Waals surface area contributed by atoms with Gasteiger partial charge in [-0.3, -0.25) is 4.68 Å². The van der Waals surface area contributed by atoms with E-state index in [0.717, 1.165) is 42.8 Å². The van der Waals surface area contributed by atoms with E-state index in [0.29, 0.717) is 0 Å². The highest BCUT2D eigenvalue weighted by molar-refractivity contribution is 5.27. The number of aliphatic hydroxyl groups is 1. The predicted octanol–water partition coefficient (Wildman–Crippen LogP) is 2.90. The Balaban J connectivity index is 2.14. The minimum atomic E-state index is -0.408. The van der Waals surface area contributed by atoms with E-state index in [1.165, 1.54) is 0 Å². The second-order valence-corrected chi connectivity index (χ2v) is 6.23. The SMILES string of the molecule is CCC(O)c1c(C)nn(CC2CCC(C)(C)O2)c1C. The molecule has 0 aromatic carbocycles. The molecule has 2 heterocycles. The number of rotatable bonds is 4. The van der Waals surface area contributed by atoms with E-state index >= 15 is 0 Å². The molecule has 0 bridgehead atoms. The summed E-state index contributed by atoms with van der Waals surface area (Å²) in [6.45, 7) is 11.1. The van der Waals surface area contributed by atoms with Crippen LogP contribution < -0.4 is 0 Å². The molecule has 0 radical (unpaired) electrons. The molecule has 4 nitrogen and oxygen atoms in total. The molecule has 1 aromatic rings. The molecule has 0 saturated carbocycles. The normalized spacial score (nSPS) is 23.8. The van der Waals surface area contributed by atoms with Gasteiger partial charge in [0.05, 0.1) is 30.0 Å². The summed E-state index contributed by atoms with van der Waals surface area (Å²) in [5, 5.41) is 14.6. The lowest BCUT2D eigenvalue weighted by Gasteiger charge is -2.19. The Morgan fingerprint density at radius 1 is 1.47 bits per heavy atom. The summed E-state index contributed by atoms with van der Waals surface area (Å²) in [6.07, 6.45) is 2.73. The maximum atomic E-state index is 10.1. The molecule has 1 aliphatic rings. The first-order valence-corrected chi connectivity index (χ1v) is 7.24. The number of ether oxygens (including phenoxy) is 1. The smallest absolute Gasteiger partial charge is 0.0823 e. The van der Waals surface area contributed by atoms with Gasteiger partial charge in [-0.1, -0.05) is 6.92 Å². The van der Waals surface area contributed by atoms with Gasteiger partial charge in [-0.25, -0.2) is 0 Å². The van der Waals surface area contributed by atoms with Gasteiger partial charge >= 0.3 is 0 Å². The lowest BCUT2D eigenvalue weighted by molar-refractivity contribution is -0.0232. The van der Waals surface area contributed by atoms with Crippen LogP contribution in [0.2, 0.25) is 0 Å². The molecule has 1 aliphatic heterocycles. The first-order valence-electron chi connectivity index (χ1n) is 7.24. The Morgan fingerprint density at radius 3 is 2.68 bits per heavy atom. The molecule has 1 N–H and O–H groups in total. The lowest BCUT2D eigenvalue weighted by Crippen LogP contribution is -2.23. The van der Waals surface area contributed by atoms with Crippen LogP contribution in [-0.4, -0.2) is 26.6 Å². The van der Waals surface area contributed by atoms with Gasteiger partial charge in [-0.15, -0.1) is 0 Å². The predicted molar refractivity (Wildman–Crippen MR) is 75.1 cm³/mol. The third kappa shape index (κ3) is 3.00. The van der Waals surface area contributed by atoms with Crippen LogP contribution in [0.4, 0.5) is 0 Å². The van der Waals surface area contributed by atoms with Gasteiger partial charge in [0, 0.05) is 11.3 Å². The number of aromatic nitrogens is 2. The zero-order valence-corrected chi connectivity index (χ0v) is 12.7. The van der Waals surface area contributed by atoms with Gasteiger partial charge in [0.25, 0.3) is 0 Å². The third-order valence-corrected chi connectivity index (χ3v) is 4.09. The Kier molecular flexibility index (Phi) is 4.02. The van der Waals surface area contributed by atoms with E-state index in [1.807, 2.05) is 25.5 Å². The van der Waals surface area contributed by atoms with Gasteiger partial charge in [0.1, 0.15) is 0 Å². The zero-order chi connectivity index (χ0) is 14.2. The first kappa shape index (κ1) is 14.5. The van der Waals surface area contributed by atoms with Gasteiger partial charge in [0.15, 0.2) is 0 Å². The summed E-state index contributed by atoms with van der Waals surface area (Å²) in [4.78, 5) is 0. The van der Waals surface area contributed by atoms with Crippen LogP contribution in [0.1, 0.15) is 63.1 Å². The highest BCUT2D eigenvalue weighted by Gasteiger charge is 2.32. The average molecular weight is 266 g/mol. The summed E-state index contributed by atoms with van der Waals surface area (Å²) in [5.41, 5.74) is 2.98. The second kappa shape index (κ2) is 5.25. The minimum absolute atomic E-state index is 0.00741. The van der Waals surface area contributed by atoms with Crippen molar-refractivity contribution in [2.24, 2.45) is 0 Å². The highest BCUT2D eigenvalue weighted by Crippen LogP contribution is 2.31. The molecular weight excluding hydrogens is 240 g/mol. The Hall–Kier alpha value is -0.870. The van der Waals surface area contributed by atoms with Crippen molar-refractivity contribution in [2.75, 3.05) is 0 Å². The Morgan fingerprint density at radius 2 is 2.16 bits per heavy atom. The summed E-state index contributed by atoms with van der Waals surface area (Å²) < 4.78 is 8.02. The van der Waals surface area contributed by atoms with Crippen molar-refractivity contribution >= 4 is 0 Å². The molecule has 1 fully saturated rings. The van der Waals surface area contributed by atoms with Crippen molar-refractivity contribution in [3.8, 4) is 0 Å². The molecule has 2 unspecified atom stereocenters.